The highest BCUT2D eigenvalue weighted by molar-refractivity contribution is 5.81. The highest BCUT2D eigenvalue weighted by atomic mass is 16.5. The first kappa shape index (κ1) is 42.3. The Bertz CT molecular complexity index is 660. The molecule has 258 valence electrons. The van der Waals surface area contributed by atoms with Crippen molar-refractivity contribution in [1.82, 2.24) is 0 Å². The van der Waals surface area contributed by atoms with Crippen molar-refractivity contribution in [2.24, 2.45) is 0 Å². The summed E-state index contributed by atoms with van der Waals surface area (Å²) in [5, 5.41) is 0. The fraction of sp³-hybridized carbons (Fsp3) is 0.842. The van der Waals surface area contributed by atoms with E-state index in [1.165, 1.54) is 163 Å². The predicted molar refractivity (Wildman–Crippen MR) is 188 cm³/mol. The molecule has 44 heavy (non-hydrogen) atoms. The number of rotatable bonds is 33. The second kappa shape index (κ2) is 28.8. The van der Waals surface area contributed by atoms with Gasteiger partial charge in [-0.3, -0.25) is 0 Å². The molecule has 0 aliphatic heterocycles. The van der Waals surface area contributed by atoms with E-state index in [0.29, 0.717) is 13.2 Å². The summed E-state index contributed by atoms with van der Waals surface area (Å²) >= 11 is 0. The maximum atomic E-state index is 11.0. The van der Waals surface area contributed by atoms with Crippen LogP contribution in [-0.4, -0.2) is 88.5 Å². The quantitative estimate of drug-likeness (QED) is 0.0317. The van der Waals surface area contributed by atoms with Crippen LogP contribution in [0.3, 0.4) is 0 Å². The Morgan fingerprint density at radius 1 is 0.409 bits per heavy atom. The molecule has 0 unspecified atom stereocenters. The van der Waals surface area contributed by atoms with Gasteiger partial charge in [-0.25, -0.2) is 9.59 Å². The lowest BCUT2D eigenvalue weighted by molar-refractivity contribution is -0.891. The zero-order valence-electron chi connectivity index (χ0n) is 29.9. The third-order valence-corrected chi connectivity index (χ3v) is 8.91. The van der Waals surface area contributed by atoms with Gasteiger partial charge in [-0.2, -0.15) is 0 Å². The Morgan fingerprint density at radius 3 is 0.841 bits per heavy atom. The van der Waals surface area contributed by atoms with Crippen molar-refractivity contribution in [1.29, 1.82) is 0 Å². The minimum absolute atomic E-state index is 0.307. The van der Waals surface area contributed by atoms with Crippen LogP contribution in [0, 0.1) is 0 Å². The van der Waals surface area contributed by atoms with Crippen LogP contribution in [0.15, 0.2) is 25.3 Å². The van der Waals surface area contributed by atoms with Gasteiger partial charge in [0.1, 0.15) is 0 Å². The molecular weight excluding hydrogens is 548 g/mol. The van der Waals surface area contributed by atoms with Crippen LogP contribution in [0.1, 0.15) is 141 Å². The largest absolute Gasteiger partial charge is 0.463 e. The molecule has 0 aromatic rings. The van der Waals surface area contributed by atoms with Gasteiger partial charge in [0.25, 0.3) is 0 Å². The predicted octanol–water partition coefficient (Wildman–Crippen LogP) is 9.18. The van der Waals surface area contributed by atoms with Crippen molar-refractivity contribution in [2.75, 3.05) is 67.6 Å². The van der Waals surface area contributed by atoms with Gasteiger partial charge < -0.3 is 18.4 Å². The molecule has 0 bridgehead atoms. The second-order valence-electron chi connectivity index (χ2n) is 14.3. The van der Waals surface area contributed by atoms with Gasteiger partial charge in [0, 0.05) is 12.2 Å². The normalized spacial score (nSPS) is 11.8. The summed E-state index contributed by atoms with van der Waals surface area (Å²) < 4.78 is 12.4. The molecule has 0 radical (unpaired) electrons. The third kappa shape index (κ3) is 30.4. The number of hydrogen-bond donors (Lipinski definition) is 0. The molecule has 0 saturated heterocycles. The lowest BCUT2D eigenvalue weighted by Crippen LogP contribution is -2.41. The summed E-state index contributed by atoms with van der Waals surface area (Å²) in [7, 11) is 9.66. The number of carbonyl (C=O) groups excluding carboxylic acids is 2. The van der Waals surface area contributed by atoms with E-state index in [1.54, 1.807) is 0 Å². The summed E-state index contributed by atoms with van der Waals surface area (Å²) in [6.45, 7) is 13.1. The van der Waals surface area contributed by atoms with Gasteiger partial charge >= 0.3 is 11.9 Å². The molecule has 0 fully saturated rings. The fourth-order valence-corrected chi connectivity index (χ4v) is 5.88. The van der Waals surface area contributed by atoms with Crippen LogP contribution in [0.25, 0.3) is 0 Å². The number of hydrogen-bond acceptors (Lipinski definition) is 4. The molecule has 6 heteroatoms. The lowest BCUT2D eigenvalue weighted by Gasteiger charge is -2.31. The molecule has 0 saturated carbocycles. The molecule has 0 rings (SSSR count). The van der Waals surface area contributed by atoms with Crippen LogP contribution in [0.4, 0.5) is 0 Å². The number of esters is 2. The standard InChI is InChI=1S/C38H74N2O4/c1-7-37(41)43-35-29-23-17-13-9-11-15-19-25-31-39(3,4)33-27-21-22-28-34-40(5,6)32-26-20-16-12-10-14-18-24-30-36-44-38(42)8-2/h7-8H,1-2,9-36H2,3-6H3/q+2. The number of carbonyl (C=O) groups is 2. The number of ether oxygens (including phenoxy) is 2. The van der Waals surface area contributed by atoms with E-state index in [-0.39, 0.29) is 11.9 Å². The molecule has 0 aliphatic carbocycles. The summed E-state index contributed by atoms with van der Waals surface area (Å²) in [6, 6.07) is 0. The summed E-state index contributed by atoms with van der Waals surface area (Å²) in [4.78, 5) is 22.0. The Morgan fingerprint density at radius 2 is 0.614 bits per heavy atom. The zero-order chi connectivity index (χ0) is 32.8. The van der Waals surface area contributed by atoms with Crippen molar-refractivity contribution in [3.05, 3.63) is 25.3 Å². The van der Waals surface area contributed by atoms with Crippen molar-refractivity contribution in [3.63, 3.8) is 0 Å². The van der Waals surface area contributed by atoms with Gasteiger partial charge in [0.2, 0.25) is 0 Å². The van der Waals surface area contributed by atoms with Crippen molar-refractivity contribution < 1.29 is 28.0 Å². The fourth-order valence-electron chi connectivity index (χ4n) is 5.88. The minimum Gasteiger partial charge on any atom is -0.463 e. The lowest BCUT2D eigenvalue weighted by atomic mass is 10.1. The van der Waals surface area contributed by atoms with E-state index in [0.717, 1.165) is 25.7 Å². The minimum atomic E-state index is -0.307. The number of unbranched alkanes of at least 4 members (excludes halogenated alkanes) is 19. The second-order valence-corrected chi connectivity index (χ2v) is 14.3. The first-order valence-electron chi connectivity index (χ1n) is 18.3. The van der Waals surface area contributed by atoms with Gasteiger partial charge in [0.05, 0.1) is 67.6 Å². The number of quaternary nitrogens is 2. The molecule has 6 nitrogen and oxygen atoms in total. The third-order valence-electron chi connectivity index (χ3n) is 8.91. The Hall–Kier alpha value is -1.66. The average Bonchev–Trinajstić information content (AvgIpc) is 2.99. The van der Waals surface area contributed by atoms with E-state index in [1.807, 2.05) is 0 Å². The highest BCUT2D eigenvalue weighted by Gasteiger charge is 2.16. The van der Waals surface area contributed by atoms with E-state index in [4.69, 9.17) is 9.47 Å². The van der Waals surface area contributed by atoms with Crippen LogP contribution >= 0.6 is 0 Å². The first-order valence-corrected chi connectivity index (χ1v) is 18.3. The van der Waals surface area contributed by atoms with E-state index in [2.05, 4.69) is 41.3 Å². The maximum Gasteiger partial charge on any atom is 0.330 e. The molecule has 0 heterocycles. The molecule has 0 N–H and O–H groups in total. The van der Waals surface area contributed by atoms with Crippen LogP contribution in [0.2, 0.25) is 0 Å². The van der Waals surface area contributed by atoms with E-state index < -0.39 is 0 Å². The van der Waals surface area contributed by atoms with Gasteiger partial charge in [-0.05, 0) is 64.2 Å². The molecule has 0 atom stereocenters. The Labute approximate surface area is 273 Å². The number of nitrogens with zero attached hydrogens (tertiary/aromatic N) is 2. The highest BCUT2D eigenvalue weighted by Crippen LogP contribution is 2.14. The monoisotopic (exact) mass is 623 g/mol. The molecular formula is C38H74N2O4+2. The zero-order valence-corrected chi connectivity index (χ0v) is 29.9. The molecule has 0 aromatic carbocycles. The van der Waals surface area contributed by atoms with E-state index >= 15 is 0 Å². The summed E-state index contributed by atoms with van der Waals surface area (Å²) in [5.74, 6) is -0.615. The van der Waals surface area contributed by atoms with E-state index in [9.17, 15) is 9.59 Å². The molecule has 0 amide bonds. The summed E-state index contributed by atoms with van der Waals surface area (Å²) in [6.07, 6.45) is 30.8. The smallest absolute Gasteiger partial charge is 0.330 e. The maximum absolute atomic E-state index is 11.0. The topological polar surface area (TPSA) is 52.6 Å². The molecule has 0 spiro atoms. The van der Waals surface area contributed by atoms with Gasteiger partial charge in [-0.15, -0.1) is 0 Å². The van der Waals surface area contributed by atoms with Gasteiger partial charge in [0.15, 0.2) is 0 Å². The van der Waals surface area contributed by atoms with Gasteiger partial charge in [-0.1, -0.05) is 90.2 Å². The molecule has 0 aliphatic rings. The van der Waals surface area contributed by atoms with Crippen LogP contribution in [0.5, 0.6) is 0 Å². The SMILES string of the molecule is C=CC(=O)OCCCCCCCCCCC[N+](C)(C)CCCCCC[N+](C)(C)CCCCCCCCCCCOC(=O)C=C. The van der Waals surface area contributed by atoms with Crippen molar-refractivity contribution in [3.8, 4) is 0 Å². The Balaban J connectivity index is 3.53. The Kier molecular flexibility index (Phi) is 27.7. The van der Waals surface area contributed by atoms with Crippen molar-refractivity contribution in [2.45, 2.75) is 141 Å². The first-order chi connectivity index (χ1) is 21.1. The van der Waals surface area contributed by atoms with Crippen molar-refractivity contribution >= 4 is 11.9 Å². The average molecular weight is 623 g/mol. The molecule has 0 aromatic heterocycles. The van der Waals surface area contributed by atoms with Crippen LogP contribution in [-0.2, 0) is 19.1 Å². The summed E-state index contributed by atoms with van der Waals surface area (Å²) in [5.41, 5.74) is 0. The van der Waals surface area contributed by atoms with Crippen LogP contribution < -0.4 is 0 Å².